The summed E-state index contributed by atoms with van der Waals surface area (Å²) in [6.45, 7) is 4.66. The number of rotatable bonds is 10. The van der Waals surface area contributed by atoms with Crippen LogP contribution in [0.3, 0.4) is 0 Å². The molecule has 0 amide bonds. The van der Waals surface area contributed by atoms with Gasteiger partial charge in [-0.05, 0) is 65.4 Å². The molecular weight excluding hydrogens is 487 g/mol. The van der Waals surface area contributed by atoms with Crippen molar-refractivity contribution in [2.24, 2.45) is 7.05 Å². The van der Waals surface area contributed by atoms with Crippen LogP contribution in [-0.4, -0.2) is 82.0 Å². The zero-order chi connectivity index (χ0) is 25.7. The first-order valence-electron chi connectivity index (χ1n) is 12.6. The topological polar surface area (TPSA) is 53.3 Å². The van der Waals surface area contributed by atoms with Crippen molar-refractivity contribution < 1.29 is 13.2 Å². The quantitative estimate of drug-likeness (QED) is 0.358. The van der Waals surface area contributed by atoms with Crippen molar-refractivity contribution in [3.05, 3.63) is 35.2 Å². The highest BCUT2D eigenvalue weighted by Gasteiger charge is 2.30. The molecular formula is C25H36F3N7S. The SMILES string of the molecule is CN(C)CCCCN(Cc1cnn(C)c1)C1CCCN(c2ncnc3sc(CC(F)(F)F)cc23)CC1. The number of hydrogen-bond donors (Lipinski definition) is 0. The van der Waals surface area contributed by atoms with Gasteiger partial charge in [0.1, 0.15) is 17.0 Å². The monoisotopic (exact) mass is 523 g/mol. The lowest BCUT2D eigenvalue weighted by Gasteiger charge is -2.31. The van der Waals surface area contributed by atoms with E-state index in [0.29, 0.717) is 10.9 Å². The molecule has 1 atom stereocenters. The molecule has 0 N–H and O–H groups in total. The van der Waals surface area contributed by atoms with E-state index in [2.05, 4.69) is 50.1 Å². The third kappa shape index (κ3) is 7.39. The maximum absolute atomic E-state index is 13.0. The van der Waals surface area contributed by atoms with Gasteiger partial charge in [0.25, 0.3) is 0 Å². The number of anilines is 1. The zero-order valence-corrected chi connectivity index (χ0v) is 22.2. The van der Waals surface area contributed by atoms with Crippen LogP contribution in [-0.2, 0) is 20.0 Å². The molecule has 3 aromatic heterocycles. The van der Waals surface area contributed by atoms with Gasteiger partial charge < -0.3 is 9.80 Å². The first-order chi connectivity index (χ1) is 17.2. The summed E-state index contributed by atoms with van der Waals surface area (Å²) >= 11 is 1.11. The maximum Gasteiger partial charge on any atom is 0.393 e. The van der Waals surface area contributed by atoms with Gasteiger partial charge in [0, 0.05) is 49.4 Å². The number of alkyl halides is 3. The van der Waals surface area contributed by atoms with E-state index in [4.69, 9.17) is 0 Å². The Labute approximate surface area is 214 Å². The summed E-state index contributed by atoms with van der Waals surface area (Å²) in [5.74, 6) is 0.759. The van der Waals surface area contributed by atoms with Crippen LogP contribution in [0.2, 0.25) is 0 Å². The van der Waals surface area contributed by atoms with Crippen LogP contribution >= 0.6 is 11.3 Å². The summed E-state index contributed by atoms with van der Waals surface area (Å²) < 4.78 is 40.7. The zero-order valence-electron chi connectivity index (χ0n) is 21.3. The molecule has 7 nitrogen and oxygen atoms in total. The summed E-state index contributed by atoms with van der Waals surface area (Å²) in [6, 6.07) is 2.07. The van der Waals surface area contributed by atoms with E-state index in [1.807, 2.05) is 17.9 Å². The lowest BCUT2D eigenvalue weighted by Crippen LogP contribution is -2.37. The standard InChI is InChI=1S/C25H36F3N7S/c1-32(2)9-4-5-10-35(17-19-15-31-33(3)16-19)20-7-6-11-34(12-8-20)23-22-13-21(14-25(26,27)28)36-24(22)30-18-29-23/h13,15-16,18,20H,4-12,14,17H2,1-3H3. The molecule has 1 aliphatic heterocycles. The molecule has 4 heterocycles. The van der Waals surface area contributed by atoms with Crippen molar-refractivity contribution >= 4 is 27.4 Å². The number of hydrogen-bond acceptors (Lipinski definition) is 7. The molecule has 0 bridgehead atoms. The second-order valence-electron chi connectivity index (χ2n) is 10.00. The number of aromatic nitrogens is 4. The van der Waals surface area contributed by atoms with E-state index in [0.717, 1.165) is 87.4 Å². The number of nitrogens with zero attached hydrogens (tertiary/aromatic N) is 7. The third-order valence-corrected chi connectivity index (χ3v) is 7.74. The molecule has 1 fully saturated rings. The number of thiophene rings is 1. The molecule has 1 unspecified atom stereocenters. The fourth-order valence-corrected chi connectivity index (χ4v) is 6.03. The largest absolute Gasteiger partial charge is 0.393 e. The summed E-state index contributed by atoms with van der Waals surface area (Å²) in [5, 5.41) is 5.08. The number of halogens is 3. The number of aryl methyl sites for hydroxylation is 1. The summed E-state index contributed by atoms with van der Waals surface area (Å²) in [5.41, 5.74) is 1.22. The van der Waals surface area contributed by atoms with Crippen molar-refractivity contribution in [2.75, 3.05) is 45.2 Å². The first-order valence-corrected chi connectivity index (χ1v) is 13.4. The average Bonchev–Trinajstić information content (AvgIpc) is 3.31. The van der Waals surface area contributed by atoms with Gasteiger partial charge >= 0.3 is 6.18 Å². The van der Waals surface area contributed by atoms with Crippen molar-refractivity contribution in [1.82, 2.24) is 29.5 Å². The average molecular weight is 524 g/mol. The van der Waals surface area contributed by atoms with Crippen LogP contribution in [0, 0.1) is 0 Å². The smallest absolute Gasteiger partial charge is 0.356 e. The highest BCUT2D eigenvalue weighted by atomic mass is 32.1. The molecule has 0 aromatic carbocycles. The van der Waals surface area contributed by atoms with E-state index in [1.165, 1.54) is 11.9 Å². The Morgan fingerprint density at radius 3 is 2.64 bits per heavy atom. The predicted molar refractivity (Wildman–Crippen MR) is 138 cm³/mol. The normalized spacial score (nSPS) is 17.4. The molecule has 11 heteroatoms. The highest BCUT2D eigenvalue weighted by Crippen LogP contribution is 2.34. The molecule has 36 heavy (non-hydrogen) atoms. The summed E-state index contributed by atoms with van der Waals surface area (Å²) in [4.78, 5) is 16.7. The van der Waals surface area contributed by atoms with E-state index in [9.17, 15) is 13.2 Å². The Balaban J connectivity index is 1.46. The van der Waals surface area contributed by atoms with Crippen LogP contribution in [0.15, 0.2) is 24.8 Å². The fourth-order valence-electron chi connectivity index (χ4n) is 5.01. The van der Waals surface area contributed by atoms with Gasteiger partial charge in [0.05, 0.1) is 18.0 Å². The van der Waals surface area contributed by atoms with Gasteiger partial charge in [-0.15, -0.1) is 11.3 Å². The Hall–Kier alpha value is -2.24. The minimum absolute atomic E-state index is 0.285. The van der Waals surface area contributed by atoms with E-state index in [1.54, 1.807) is 6.07 Å². The van der Waals surface area contributed by atoms with Gasteiger partial charge in [0.15, 0.2) is 0 Å². The van der Waals surface area contributed by atoms with Crippen LogP contribution in [0.25, 0.3) is 10.2 Å². The molecule has 1 aliphatic rings. The van der Waals surface area contributed by atoms with Crippen LogP contribution in [0.4, 0.5) is 19.0 Å². The van der Waals surface area contributed by atoms with Crippen molar-refractivity contribution in [1.29, 1.82) is 0 Å². The first kappa shape index (κ1) is 26.8. The summed E-state index contributed by atoms with van der Waals surface area (Å²) in [6.07, 6.45) is 5.74. The van der Waals surface area contributed by atoms with Gasteiger partial charge in [-0.3, -0.25) is 9.58 Å². The summed E-state index contributed by atoms with van der Waals surface area (Å²) in [7, 11) is 6.16. The fraction of sp³-hybridized carbons (Fsp3) is 0.640. The Morgan fingerprint density at radius 1 is 1.11 bits per heavy atom. The van der Waals surface area contributed by atoms with E-state index >= 15 is 0 Å². The Morgan fingerprint density at radius 2 is 1.92 bits per heavy atom. The number of fused-ring (bicyclic) bond motifs is 1. The van der Waals surface area contributed by atoms with Gasteiger partial charge in [-0.2, -0.15) is 18.3 Å². The minimum atomic E-state index is -4.23. The lowest BCUT2D eigenvalue weighted by molar-refractivity contribution is -0.126. The second kappa shape index (κ2) is 11.9. The Kier molecular flexibility index (Phi) is 8.84. The molecule has 0 spiro atoms. The molecule has 1 saturated heterocycles. The van der Waals surface area contributed by atoms with E-state index in [-0.39, 0.29) is 4.88 Å². The molecule has 0 saturated carbocycles. The van der Waals surface area contributed by atoms with Crippen LogP contribution in [0.1, 0.15) is 42.5 Å². The highest BCUT2D eigenvalue weighted by molar-refractivity contribution is 7.18. The predicted octanol–water partition coefficient (Wildman–Crippen LogP) is 4.73. The molecule has 0 aliphatic carbocycles. The lowest BCUT2D eigenvalue weighted by atomic mass is 10.1. The minimum Gasteiger partial charge on any atom is -0.356 e. The molecule has 198 valence electrons. The van der Waals surface area contributed by atoms with Gasteiger partial charge in [-0.25, -0.2) is 9.97 Å². The maximum atomic E-state index is 13.0. The second-order valence-corrected chi connectivity index (χ2v) is 11.1. The van der Waals surface area contributed by atoms with E-state index < -0.39 is 12.6 Å². The van der Waals surface area contributed by atoms with Crippen LogP contribution in [0.5, 0.6) is 0 Å². The number of unbranched alkanes of at least 4 members (excludes halogenated alkanes) is 1. The molecule has 4 rings (SSSR count). The van der Waals surface area contributed by atoms with Gasteiger partial charge in [-0.1, -0.05) is 0 Å². The molecule has 0 radical (unpaired) electrons. The van der Waals surface area contributed by atoms with Crippen LogP contribution < -0.4 is 4.90 Å². The molecule has 3 aromatic rings. The van der Waals surface area contributed by atoms with Gasteiger partial charge in [0.2, 0.25) is 0 Å². The third-order valence-electron chi connectivity index (χ3n) is 6.69. The van der Waals surface area contributed by atoms with Crippen molar-refractivity contribution in [3.63, 3.8) is 0 Å². The van der Waals surface area contributed by atoms with Crippen molar-refractivity contribution in [2.45, 2.75) is 57.3 Å². The van der Waals surface area contributed by atoms with Crippen molar-refractivity contribution in [3.8, 4) is 0 Å². The Bertz CT molecular complexity index is 1110.